The minimum absolute atomic E-state index is 0.0200. The number of hydrogen-bond donors (Lipinski definition) is 0. The quantitative estimate of drug-likeness (QED) is 0.284. The first-order valence-corrected chi connectivity index (χ1v) is 16.7. The van der Waals surface area contributed by atoms with Gasteiger partial charge in [0.1, 0.15) is 11.4 Å². The number of methoxy groups -OCH3 is 2. The lowest BCUT2D eigenvalue weighted by atomic mass is 10.0. The maximum Gasteiger partial charge on any atom is 0.410 e. The molecule has 1 aliphatic heterocycles. The first kappa shape index (κ1) is 35.9. The highest BCUT2D eigenvalue weighted by atomic mass is 32.2. The fourth-order valence-electron chi connectivity index (χ4n) is 5.25. The standard InChI is InChI=1S/C32H46FN3O8S/c1-22(2)35(30(37)23-10-15-28(42-7)29(18-23)43-17-9-16-41-6)20-24-19-34(31(38)44-32(3,4)5)21-27(24)36(45(8,39)40)26-13-11-25(33)12-14-26/h10-15,18,22,24,27H,9,16-17,19-21H2,1-8H3/t24-,27+/m0/s1. The number of sulfonamides is 1. The summed E-state index contributed by atoms with van der Waals surface area (Å²) >= 11 is 0. The van der Waals surface area contributed by atoms with Crippen LogP contribution >= 0.6 is 0 Å². The summed E-state index contributed by atoms with van der Waals surface area (Å²) in [6, 6.07) is 9.06. The number of amides is 2. The van der Waals surface area contributed by atoms with Crippen LogP contribution in [0.15, 0.2) is 42.5 Å². The predicted octanol–water partition coefficient (Wildman–Crippen LogP) is 4.80. The van der Waals surface area contributed by atoms with Gasteiger partial charge in [0, 0.05) is 57.3 Å². The highest BCUT2D eigenvalue weighted by molar-refractivity contribution is 7.92. The van der Waals surface area contributed by atoms with Gasteiger partial charge in [0.25, 0.3) is 5.91 Å². The molecule has 0 bridgehead atoms. The number of carbonyl (C=O) groups is 2. The van der Waals surface area contributed by atoms with Gasteiger partial charge in [-0.05, 0) is 77.1 Å². The zero-order valence-corrected chi connectivity index (χ0v) is 28.2. The van der Waals surface area contributed by atoms with Gasteiger partial charge >= 0.3 is 6.09 Å². The van der Waals surface area contributed by atoms with Crippen LogP contribution in [-0.2, 0) is 19.5 Å². The van der Waals surface area contributed by atoms with E-state index >= 15 is 0 Å². The van der Waals surface area contributed by atoms with Gasteiger partial charge < -0.3 is 28.7 Å². The van der Waals surface area contributed by atoms with E-state index in [-0.39, 0.29) is 37.3 Å². The molecule has 0 unspecified atom stereocenters. The van der Waals surface area contributed by atoms with Crippen molar-refractivity contribution in [3.63, 3.8) is 0 Å². The molecular formula is C32H46FN3O8S. The SMILES string of the molecule is COCCCOc1cc(C(=O)N(C[C@@H]2CN(C(=O)OC(C)(C)C)C[C@H]2N(c2ccc(F)cc2)S(C)(=O)=O)C(C)C)ccc1OC. The summed E-state index contributed by atoms with van der Waals surface area (Å²) in [7, 11) is -0.771. The Hall–Kier alpha value is -3.58. The lowest BCUT2D eigenvalue weighted by Gasteiger charge is -2.36. The predicted molar refractivity (Wildman–Crippen MR) is 170 cm³/mol. The van der Waals surface area contributed by atoms with Crippen molar-refractivity contribution >= 4 is 27.7 Å². The minimum Gasteiger partial charge on any atom is -0.493 e. The Bertz CT molecular complexity index is 1410. The fraction of sp³-hybridized carbons (Fsp3) is 0.562. The van der Waals surface area contributed by atoms with E-state index in [1.54, 1.807) is 51.0 Å². The molecule has 0 N–H and O–H groups in total. The van der Waals surface area contributed by atoms with E-state index in [1.165, 1.54) is 40.6 Å². The molecule has 1 saturated heterocycles. The normalized spacial score (nSPS) is 16.9. The van der Waals surface area contributed by atoms with Crippen LogP contribution in [-0.4, -0.2) is 101 Å². The molecule has 13 heteroatoms. The molecule has 45 heavy (non-hydrogen) atoms. The molecule has 3 rings (SSSR count). The second-order valence-electron chi connectivity index (χ2n) is 12.4. The molecule has 2 aromatic rings. The smallest absolute Gasteiger partial charge is 0.410 e. The van der Waals surface area contributed by atoms with E-state index in [4.69, 9.17) is 18.9 Å². The average Bonchev–Trinajstić information content (AvgIpc) is 3.36. The number of hydrogen-bond acceptors (Lipinski definition) is 8. The molecular weight excluding hydrogens is 605 g/mol. The second kappa shape index (κ2) is 15.1. The molecule has 11 nitrogen and oxygen atoms in total. The summed E-state index contributed by atoms with van der Waals surface area (Å²) in [5.74, 6) is -0.420. The maximum absolute atomic E-state index is 14.0. The second-order valence-corrected chi connectivity index (χ2v) is 14.2. The van der Waals surface area contributed by atoms with Crippen LogP contribution in [0.2, 0.25) is 0 Å². The lowest BCUT2D eigenvalue weighted by molar-refractivity contribution is 0.0284. The molecule has 1 aliphatic rings. The van der Waals surface area contributed by atoms with E-state index in [2.05, 4.69) is 0 Å². The third kappa shape index (κ3) is 9.70. The van der Waals surface area contributed by atoms with Crippen molar-refractivity contribution in [2.45, 2.75) is 58.7 Å². The van der Waals surface area contributed by atoms with Crippen LogP contribution in [0.3, 0.4) is 0 Å². The summed E-state index contributed by atoms with van der Waals surface area (Å²) in [5, 5.41) is 0. The summed E-state index contributed by atoms with van der Waals surface area (Å²) in [4.78, 5) is 30.3. The monoisotopic (exact) mass is 651 g/mol. The van der Waals surface area contributed by atoms with Gasteiger partial charge in [-0.1, -0.05) is 0 Å². The number of nitrogens with zero attached hydrogens (tertiary/aromatic N) is 3. The summed E-state index contributed by atoms with van der Waals surface area (Å²) < 4.78 is 63.5. The molecule has 0 radical (unpaired) electrons. The van der Waals surface area contributed by atoms with Crippen LogP contribution in [0.1, 0.15) is 51.4 Å². The largest absolute Gasteiger partial charge is 0.493 e. The molecule has 1 fully saturated rings. The van der Waals surface area contributed by atoms with E-state index in [9.17, 15) is 22.4 Å². The van der Waals surface area contributed by atoms with Crippen LogP contribution < -0.4 is 13.8 Å². The van der Waals surface area contributed by atoms with Gasteiger partial charge in [-0.25, -0.2) is 17.6 Å². The number of halogens is 1. The molecule has 0 spiro atoms. The molecule has 0 saturated carbocycles. The highest BCUT2D eigenvalue weighted by Crippen LogP contribution is 2.33. The van der Waals surface area contributed by atoms with Crippen LogP contribution in [0.4, 0.5) is 14.9 Å². The van der Waals surface area contributed by atoms with Crippen molar-refractivity contribution < 1.29 is 41.3 Å². The number of carbonyl (C=O) groups excluding carboxylic acids is 2. The van der Waals surface area contributed by atoms with Gasteiger partial charge in [0.05, 0.1) is 31.7 Å². The Kier molecular flexibility index (Phi) is 12.1. The van der Waals surface area contributed by atoms with E-state index in [0.717, 1.165) is 6.26 Å². The van der Waals surface area contributed by atoms with Crippen LogP contribution in [0, 0.1) is 11.7 Å². The number of anilines is 1. The zero-order chi connectivity index (χ0) is 33.5. The van der Waals surface area contributed by atoms with Gasteiger partial charge in [-0.15, -0.1) is 0 Å². The van der Waals surface area contributed by atoms with Gasteiger partial charge in [-0.3, -0.25) is 9.10 Å². The van der Waals surface area contributed by atoms with Crippen LogP contribution in [0.5, 0.6) is 11.5 Å². The Balaban J connectivity index is 1.99. The van der Waals surface area contributed by atoms with Crippen LogP contribution in [0.25, 0.3) is 0 Å². The Morgan fingerprint density at radius 2 is 1.69 bits per heavy atom. The summed E-state index contributed by atoms with van der Waals surface area (Å²) in [6.45, 7) is 10.2. The minimum atomic E-state index is -3.90. The summed E-state index contributed by atoms with van der Waals surface area (Å²) in [5.41, 5.74) is -0.147. The lowest BCUT2D eigenvalue weighted by Crippen LogP contribution is -2.49. The third-order valence-corrected chi connectivity index (χ3v) is 8.47. The molecule has 0 aromatic heterocycles. The average molecular weight is 652 g/mol. The Morgan fingerprint density at radius 3 is 2.24 bits per heavy atom. The van der Waals surface area contributed by atoms with Gasteiger partial charge in [-0.2, -0.15) is 0 Å². The number of ether oxygens (including phenoxy) is 4. The molecule has 1 heterocycles. The first-order chi connectivity index (χ1) is 21.1. The van der Waals surface area contributed by atoms with Crippen molar-refractivity contribution in [2.24, 2.45) is 5.92 Å². The molecule has 2 amide bonds. The molecule has 0 aliphatic carbocycles. The fourth-order valence-corrected chi connectivity index (χ4v) is 6.48. The van der Waals surface area contributed by atoms with E-state index < -0.39 is 39.5 Å². The maximum atomic E-state index is 14.0. The number of rotatable bonds is 13. The summed E-state index contributed by atoms with van der Waals surface area (Å²) in [6.07, 6.45) is 1.13. The van der Waals surface area contributed by atoms with Crippen molar-refractivity contribution in [1.82, 2.24) is 9.80 Å². The van der Waals surface area contributed by atoms with Gasteiger partial charge in [0.2, 0.25) is 10.0 Å². The molecule has 250 valence electrons. The van der Waals surface area contributed by atoms with Crippen molar-refractivity contribution in [2.75, 3.05) is 57.6 Å². The number of likely N-dealkylation sites (tertiary alicyclic amines) is 1. The van der Waals surface area contributed by atoms with Crippen molar-refractivity contribution in [3.05, 3.63) is 53.8 Å². The number of benzene rings is 2. The Labute approximate surface area is 266 Å². The zero-order valence-electron chi connectivity index (χ0n) is 27.4. The highest BCUT2D eigenvalue weighted by Gasteiger charge is 2.44. The molecule has 2 aromatic carbocycles. The third-order valence-electron chi connectivity index (χ3n) is 7.27. The Morgan fingerprint density at radius 1 is 1.02 bits per heavy atom. The van der Waals surface area contributed by atoms with Crippen molar-refractivity contribution in [3.8, 4) is 11.5 Å². The topological polar surface area (TPSA) is 115 Å². The van der Waals surface area contributed by atoms with E-state index in [0.29, 0.717) is 36.7 Å². The van der Waals surface area contributed by atoms with E-state index in [1.807, 2.05) is 13.8 Å². The molecule has 2 atom stereocenters. The van der Waals surface area contributed by atoms with Gasteiger partial charge in [0.15, 0.2) is 11.5 Å². The van der Waals surface area contributed by atoms with Crippen molar-refractivity contribution in [1.29, 1.82) is 0 Å². The first-order valence-electron chi connectivity index (χ1n) is 14.9.